The molecule has 2 heterocycles. The lowest BCUT2D eigenvalue weighted by Gasteiger charge is -2.32. The molecule has 0 aromatic carbocycles. The maximum atomic E-state index is 9.73. The predicted molar refractivity (Wildman–Crippen MR) is 80.0 cm³/mol. The fraction of sp³-hybridized carbons (Fsp3) is 0.533. The van der Waals surface area contributed by atoms with Crippen LogP contribution in [-0.2, 0) is 9.31 Å². The first kappa shape index (κ1) is 15.2. The molecular weight excluding hydrogens is 253 g/mol. The summed E-state index contributed by atoms with van der Waals surface area (Å²) in [4.78, 5) is 4.28. The average molecular weight is 275 g/mol. The number of rotatable bonds is 3. The van der Waals surface area contributed by atoms with Crippen molar-refractivity contribution < 1.29 is 14.4 Å². The Kier molecular flexibility index (Phi) is 4.05. The Morgan fingerprint density at radius 2 is 1.85 bits per heavy atom. The van der Waals surface area contributed by atoms with Crippen LogP contribution < -0.4 is 0 Å². The van der Waals surface area contributed by atoms with Gasteiger partial charge in [0.05, 0.1) is 23.0 Å². The van der Waals surface area contributed by atoms with Gasteiger partial charge in [-0.15, -0.1) is 0 Å². The van der Waals surface area contributed by atoms with Gasteiger partial charge in [0.1, 0.15) is 0 Å². The van der Waals surface area contributed by atoms with Crippen LogP contribution in [0, 0.1) is 0 Å². The maximum Gasteiger partial charge on any atom is 0.487 e. The number of aliphatic hydroxyl groups excluding tert-OH is 1. The van der Waals surface area contributed by atoms with Crippen LogP contribution in [0.1, 0.15) is 52.0 Å². The quantitative estimate of drug-likeness (QED) is 0.862. The van der Waals surface area contributed by atoms with Crippen LogP contribution in [0.15, 0.2) is 24.3 Å². The predicted octanol–water partition coefficient (Wildman–Crippen LogP) is 2.78. The van der Waals surface area contributed by atoms with Crippen LogP contribution in [0.2, 0.25) is 0 Å². The van der Waals surface area contributed by atoms with Gasteiger partial charge >= 0.3 is 7.12 Å². The lowest BCUT2D eigenvalue weighted by atomic mass is 9.89. The topological polar surface area (TPSA) is 51.6 Å². The Morgan fingerprint density at radius 3 is 2.40 bits per heavy atom. The molecule has 4 nitrogen and oxygen atoms in total. The van der Waals surface area contributed by atoms with E-state index in [1.165, 1.54) is 0 Å². The molecule has 20 heavy (non-hydrogen) atoms. The summed E-state index contributed by atoms with van der Waals surface area (Å²) in [6.07, 6.45) is 2.99. The van der Waals surface area contributed by atoms with Crippen LogP contribution in [0.4, 0.5) is 0 Å². The van der Waals surface area contributed by atoms with Crippen LogP contribution in [-0.4, -0.2) is 28.4 Å². The standard InChI is InChI=1S/C15H22BNO3/c1-11(18)12-7-6-10-17-13(12)8-9-16-19-14(2,3)15(4,5)20-16/h6-11,18H,1-5H3/b9-8+. The summed E-state index contributed by atoms with van der Waals surface area (Å²) in [6.45, 7) is 9.79. The summed E-state index contributed by atoms with van der Waals surface area (Å²) in [5.41, 5.74) is 0.829. The van der Waals surface area contributed by atoms with Crippen LogP contribution in [0.3, 0.4) is 0 Å². The summed E-state index contributed by atoms with van der Waals surface area (Å²) < 4.78 is 11.8. The van der Waals surface area contributed by atoms with E-state index in [4.69, 9.17) is 9.31 Å². The van der Waals surface area contributed by atoms with E-state index in [0.29, 0.717) is 0 Å². The second-order valence-corrected chi connectivity index (χ2v) is 6.14. The molecule has 0 spiro atoms. The normalized spacial score (nSPS) is 22.4. The number of pyridine rings is 1. The molecule has 0 saturated carbocycles. The van der Waals surface area contributed by atoms with Crippen LogP contribution in [0.25, 0.3) is 6.08 Å². The molecule has 5 heteroatoms. The Hall–Kier alpha value is -1.17. The minimum Gasteiger partial charge on any atom is -0.400 e. The molecule has 1 aromatic heterocycles. The molecule has 1 unspecified atom stereocenters. The maximum absolute atomic E-state index is 9.73. The van der Waals surface area contributed by atoms with Crippen molar-refractivity contribution in [2.75, 3.05) is 0 Å². The molecule has 1 fully saturated rings. The van der Waals surface area contributed by atoms with Gasteiger partial charge in [-0.05, 0) is 46.8 Å². The zero-order valence-electron chi connectivity index (χ0n) is 12.8. The molecule has 0 amide bonds. The highest BCUT2D eigenvalue weighted by Crippen LogP contribution is 2.37. The summed E-state index contributed by atoms with van der Waals surface area (Å²) >= 11 is 0. The second kappa shape index (κ2) is 5.32. The summed E-state index contributed by atoms with van der Waals surface area (Å²) in [7, 11) is -0.399. The van der Waals surface area contributed by atoms with Crippen molar-refractivity contribution >= 4 is 13.2 Å². The van der Waals surface area contributed by atoms with Gasteiger partial charge in [0.15, 0.2) is 0 Å². The molecular formula is C15H22BNO3. The minimum absolute atomic E-state index is 0.348. The summed E-state index contributed by atoms with van der Waals surface area (Å²) in [6, 6.07) is 3.68. The third-order valence-corrected chi connectivity index (χ3v) is 4.00. The Balaban J connectivity index is 2.16. The van der Waals surface area contributed by atoms with E-state index in [2.05, 4.69) is 4.98 Å². The van der Waals surface area contributed by atoms with Gasteiger partial charge < -0.3 is 14.4 Å². The van der Waals surface area contributed by atoms with Gasteiger partial charge in [-0.25, -0.2) is 0 Å². The first-order chi connectivity index (χ1) is 9.23. The van der Waals surface area contributed by atoms with Crippen molar-refractivity contribution in [2.45, 2.75) is 51.9 Å². The molecule has 1 N–H and O–H groups in total. The molecule has 1 aliphatic rings. The Morgan fingerprint density at radius 1 is 1.25 bits per heavy atom. The zero-order chi connectivity index (χ0) is 15.0. The Bertz CT molecular complexity index is 496. The van der Waals surface area contributed by atoms with E-state index in [1.54, 1.807) is 13.1 Å². The van der Waals surface area contributed by atoms with Crippen molar-refractivity contribution in [2.24, 2.45) is 0 Å². The highest BCUT2D eigenvalue weighted by molar-refractivity contribution is 6.52. The fourth-order valence-corrected chi connectivity index (χ4v) is 2.06. The van der Waals surface area contributed by atoms with Crippen LogP contribution >= 0.6 is 0 Å². The molecule has 108 valence electrons. The number of aromatic nitrogens is 1. The SMILES string of the molecule is CC(O)c1cccnc1/C=C/B1OC(C)(C)C(C)(C)O1. The van der Waals surface area contributed by atoms with Gasteiger partial charge in [0.25, 0.3) is 0 Å². The average Bonchev–Trinajstić information content (AvgIpc) is 2.55. The van der Waals surface area contributed by atoms with E-state index in [-0.39, 0.29) is 11.2 Å². The molecule has 0 aliphatic carbocycles. The second-order valence-electron chi connectivity index (χ2n) is 6.14. The highest BCUT2D eigenvalue weighted by Gasteiger charge is 2.50. The molecule has 0 radical (unpaired) electrons. The fourth-order valence-electron chi connectivity index (χ4n) is 2.06. The van der Waals surface area contributed by atoms with Gasteiger partial charge in [-0.1, -0.05) is 12.0 Å². The highest BCUT2D eigenvalue weighted by atomic mass is 16.7. The number of aliphatic hydroxyl groups is 1. The molecule has 1 saturated heterocycles. The largest absolute Gasteiger partial charge is 0.487 e. The number of nitrogens with zero attached hydrogens (tertiary/aromatic N) is 1. The van der Waals surface area contributed by atoms with Crippen LogP contribution in [0.5, 0.6) is 0 Å². The number of hydrogen-bond donors (Lipinski definition) is 1. The summed E-state index contributed by atoms with van der Waals surface area (Å²) in [5, 5.41) is 9.73. The zero-order valence-corrected chi connectivity index (χ0v) is 12.8. The van der Waals surface area contributed by atoms with Gasteiger partial charge in [0.2, 0.25) is 0 Å². The van der Waals surface area contributed by atoms with Crippen molar-refractivity contribution in [3.63, 3.8) is 0 Å². The molecule has 1 aliphatic heterocycles. The van der Waals surface area contributed by atoms with Crippen molar-refractivity contribution in [3.05, 3.63) is 35.6 Å². The molecule has 2 rings (SSSR count). The first-order valence-corrected chi connectivity index (χ1v) is 6.90. The monoisotopic (exact) mass is 275 g/mol. The molecule has 1 atom stereocenters. The summed E-state index contributed by atoms with van der Waals surface area (Å²) in [5.74, 6) is 1.84. The third kappa shape index (κ3) is 2.95. The van der Waals surface area contributed by atoms with E-state index in [1.807, 2.05) is 51.9 Å². The van der Waals surface area contributed by atoms with E-state index < -0.39 is 13.2 Å². The van der Waals surface area contributed by atoms with Gasteiger partial charge in [-0.3, -0.25) is 4.98 Å². The van der Waals surface area contributed by atoms with Crippen molar-refractivity contribution in [3.8, 4) is 0 Å². The third-order valence-electron chi connectivity index (χ3n) is 4.00. The van der Waals surface area contributed by atoms with E-state index in [9.17, 15) is 5.11 Å². The van der Waals surface area contributed by atoms with Crippen molar-refractivity contribution in [1.82, 2.24) is 4.98 Å². The number of hydrogen-bond acceptors (Lipinski definition) is 4. The lowest BCUT2D eigenvalue weighted by molar-refractivity contribution is 0.00578. The lowest BCUT2D eigenvalue weighted by Crippen LogP contribution is -2.41. The smallest absolute Gasteiger partial charge is 0.400 e. The van der Waals surface area contributed by atoms with E-state index in [0.717, 1.165) is 11.3 Å². The van der Waals surface area contributed by atoms with Gasteiger partial charge in [0, 0.05) is 11.8 Å². The first-order valence-electron chi connectivity index (χ1n) is 6.90. The molecule has 0 bridgehead atoms. The van der Waals surface area contributed by atoms with E-state index >= 15 is 0 Å². The molecule has 1 aromatic rings. The minimum atomic E-state index is -0.554. The Labute approximate surface area is 121 Å². The van der Waals surface area contributed by atoms with Crippen molar-refractivity contribution in [1.29, 1.82) is 0 Å². The van der Waals surface area contributed by atoms with Gasteiger partial charge in [-0.2, -0.15) is 0 Å².